The van der Waals surface area contributed by atoms with Crippen LogP contribution in [0.15, 0.2) is 69.6 Å². The monoisotopic (exact) mass is 438 g/mol. The molecule has 0 unspecified atom stereocenters. The fourth-order valence-corrected chi connectivity index (χ4v) is 4.37. The van der Waals surface area contributed by atoms with E-state index in [2.05, 4.69) is 106 Å². The van der Waals surface area contributed by atoms with Gasteiger partial charge >= 0.3 is 0 Å². The molecule has 4 aromatic rings. The number of rotatable bonds is 1. The summed E-state index contributed by atoms with van der Waals surface area (Å²) < 4.78 is 2.30. The highest BCUT2D eigenvalue weighted by atomic mass is 79.9. The largest absolute Gasteiger partial charge is 0.0616 e. The lowest BCUT2D eigenvalue weighted by molar-refractivity contribution is 1.41. The van der Waals surface area contributed by atoms with Crippen LogP contribution in [0.25, 0.3) is 32.7 Å². The summed E-state index contributed by atoms with van der Waals surface area (Å²) in [6.07, 6.45) is 0. The van der Waals surface area contributed by atoms with Gasteiger partial charge in [0.15, 0.2) is 0 Å². The average Bonchev–Trinajstić information content (AvgIpc) is 2.58. The molecule has 2 heteroatoms. The van der Waals surface area contributed by atoms with E-state index in [1.807, 2.05) is 0 Å². The molecule has 0 fully saturated rings. The first-order valence-electron chi connectivity index (χ1n) is 7.94. The van der Waals surface area contributed by atoms with Gasteiger partial charge in [-0.3, -0.25) is 0 Å². The van der Waals surface area contributed by atoms with E-state index in [9.17, 15) is 0 Å². The van der Waals surface area contributed by atoms with Gasteiger partial charge in [-0.2, -0.15) is 0 Å². The van der Waals surface area contributed by atoms with Crippen molar-refractivity contribution in [3.63, 3.8) is 0 Å². The zero-order chi connectivity index (χ0) is 16.8. The van der Waals surface area contributed by atoms with Crippen molar-refractivity contribution in [1.29, 1.82) is 0 Å². The summed E-state index contributed by atoms with van der Waals surface area (Å²) in [5.74, 6) is 0. The first-order valence-corrected chi connectivity index (χ1v) is 9.52. The number of fused-ring (bicyclic) bond motifs is 2. The summed E-state index contributed by atoms with van der Waals surface area (Å²) in [7, 11) is 0. The second kappa shape index (κ2) is 6.02. The van der Waals surface area contributed by atoms with Crippen molar-refractivity contribution in [1.82, 2.24) is 0 Å². The quantitative estimate of drug-likeness (QED) is 0.283. The number of benzene rings is 4. The van der Waals surface area contributed by atoms with Crippen molar-refractivity contribution in [2.24, 2.45) is 0 Å². The molecule has 4 rings (SSSR count). The smallest absolute Gasteiger partial charge is 0.0217 e. The molecule has 0 bridgehead atoms. The molecule has 24 heavy (non-hydrogen) atoms. The Bertz CT molecular complexity index is 1000. The molecule has 0 amide bonds. The topological polar surface area (TPSA) is 0 Å². The van der Waals surface area contributed by atoms with E-state index in [1.165, 1.54) is 43.8 Å². The Kier molecular flexibility index (Phi) is 3.98. The molecule has 0 aromatic heterocycles. The van der Waals surface area contributed by atoms with Gasteiger partial charge in [0, 0.05) is 8.95 Å². The Morgan fingerprint density at radius 3 is 1.38 bits per heavy atom. The summed E-state index contributed by atoms with van der Waals surface area (Å²) in [4.78, 5) is 0. The van der Waals surface area contributed by atoms with Gasteiger partial charge in [0.2, 0.25) is 0 Å². The van der Waals surface area contributed by atoms with Gasteiger partial charge in [0.25, 0.3) is 0 Å². The van der Waals surface area contributed by atoms with Crippen molar-refractivity contribution in [2.75, 3.05) is 0 Å². The zero-order valence-corrected chi connectivity index (χ0v) is 16.7. The van der Waals surface area contributed by atoms with Crippen LogP contribution in [0.2, 0.25) is 0 Å². The van der Waals surface area contributed by atoms with Crippen LogP contribution in [0.1, 0.15) is 11.1 Å². The second-order valence-electron chi connectivity index (χ2n) is 6.16. The summed E-state index contributed by atoms with van der Waals surface area (Å²) in [5.41, 5.74) is 5.19. The van der Waals surface area contributed by atoms with Gasteiger partial charge in [0.05, 0.1) is 0 Å². The molecule has 118 valence electrons. The maximum absolute atomic E-state index is 3.76. The minimum atomic E-state index is 1.15. The molecule has 0 saturated heterocycles. The van der Waals surface area contributed by atoms with Crippen molar-refractivity contribution in [3.8, 4) is 11.1 Å². The number of hydrogen-bond donors (Lipinski definition) is 0. The van der Waals surface area contributed by atoms with Gasteiger partial charge in [-0.25, -0.2) is 0 Å². The predicted octanol–water partition coefficient (Wildman–Crippen LogP) is 7.80. The summed E-state index contributed by atoms with van der Waals surface area (Å²) >= 11 is 7.52. The molecule has 0 saturated carbocycles. The molecule has 0 nitrogen and oxygen atoms in total. The molecule has 0 heterocycles. The Morgan fingerprint density at radius 2 is 0.958 bits per heavy atom. The zero-order valence-electron chi connectivity index (χ0n) is 13.5. The van der Waals surface area contributed by atoms with E-state index >= 15 is 0 Å². The SMILES string of the molecule is Cc1c(Br)cc2ccccc2c1-c1c(C)c(Br)cc2ccccc12. The van der Waals surface area contributed by atoms with E-state index in [0.717, 1.165) is 8.95 Å². The van der Waals surface area contributed by atoms with Gasteiger partial charge < -0.3 is 0 Å². The van der Waals surface area contributed by atoms with Gasteiger partial charge in [-0.15, -0.1) is 0 Å². The average molecular weight is 440 g/mol. The number of hydrogen-bond acceptors (Lipinski definition) is 0. The third-order valence-corrected chi connectivity index (χ3v) is 6.39. The highest BCUT2D eigenvalue weighted by Gasteiger charge is 2.17. The van der Waals surface area contributed by atoms with Crippen LogP contribution in [-0.4, -0.2) is 0 Å². The molecule has 0 aliphatic rings. The summed E-state index contributed by atoms with van der Waals surface area (Å²) in [6.45, 7) is 4.39. The summed E-state index contributed by atoms with van der Waals surface area (Å²) in [5, 5.41) is 5.11. The molecular weight excluding hydrogens is 424 g/mol. The Balaban J connectivity index is 2.26. The van der Waals surface area contributed by atoms with E-state index in [0.29, 0.717) is 0 Å². The minimum Gasteiger partial charge on any atom is -0.0616 e. The van der Waals surface area contributed by atoms with Crippen LogP contribution in [0.5, 0.6) is 0 Å². The van der Waals surface area contributed by atoms with Gasteiger partial charge in [0.1, 0.15) is 0 Å². The number of halogens is 2. The van der Waals surface area contributed by atoms with Crippen LogP contribution in [0.4, 0.5) is 0 Å². The third kappa shape index (κ3) is 2.40. The molecule has 0 atom stereocenters. The molecule has 0 radical (unpaired) electrons. The second-order valence-corrected chi connectivity index (χ2v) is 7.87. The lowest BCUT2D eigenvalue weighted by atomic mass is 9.88. The van der Waals surface area contributed by atoms with E-state index in [1.54, 1.807) is 0 Å². The Morgan fingerprint density at radius 1 is 0.583 bits per heavy atom. The summed E-state index contributed by atoms with van der Waals surface area (Å²) in [6, 6.07) is 21.7. The lowest BCUT2D eigenvalue weighted by Gasteiger charge is -2.18. The first-order chi connectivity index (χ1) is 11.6. The third-order valence-electron chi connectivity index (χ3n) is 4.74. The van der Waals surface area contributed by atoms with Crippen molar-refractivity contribution in [3.05, 3.63) is 80.7 Å². The van der Waals surface area contributed by atoms with Crippen molar-refractivity contribution in [2.45, 2.75) is 13.8 Å². The molecule has 0 spiro atoms. The van der Waals surface area contributed by atoms with E-state index < -0.39 is 0 Å². The highest BCUT2D eigenvalue weighted by molar-refractivity contribution is 9.10. The minimum absolute atomic E-state index is 1.15. The molecule has 4 aromatic carbocycles. The van der Waals surface area contributed by atoms with Gasteiger partial charge in [-0.1, -0.05) is 80.4 Å². The molecule has 0 N–H and O–H groups in total. The predicted molar refractivity (Wildman–Crippen MR) is 112 cm³/mol. The van der Waals surface area contributed by atoms with E-state index in [-0.39, 0.29) is 0 Å². The van der Waals surface area contributed by atoms with Crippen LogP contribution >= 0.6 is 31.9 Å². The standard InChI is InChI=1S/C22H16Br2/c1-13-19(23)11-15-7-3-5-9-17(15)21(13)22-14(2)20(24)12-16-8-4-6-10-18(16)22/h3-12H,1-2H3. The molecule has 0 aliphatic heterocycles. The Hall–Kier alpha value is -1.64. The maximum atomic E-state index is 3.76. The van der Waals surface area contributed by atoms with E-state index in [4.69, 9.17) is 0 Å². The first kappa shape index (κ1) is 15.9. The van der Waals surface area contributed by atoms with Crippen molar-refractivity contribution >= 4 is 53.4 Å². The highest BCUT2D eigenvalue weighted by Crippen LogP contribution is 2.43. The Labute approximate surface area is 158 Å². The van der Waals surface area contributed by atoms with Crippen LogP contribution in [0.3, 0.4) is 0 Å². The lowest BCUT2D eigenvalue weighted by Crippen LogP contribution is -1.93. The maximum Gasteiger partial charge on any atom is 0.0217 e. The fraction of sp³-hybridized carbons (Fsp3) is 0.0909. The van der Waals surface area contributed by atoms with Crippen molar-refractivity contribution < 1.29 is 0 Å². The normalized spacial score (nSPS) is 11.3. The molecule has 0 aliphatic carbocycles. The molecular formula is C22H16Br2. The fourth-order valence-electron chi connectivity index (χ4n) is 3.48. The van der Waals surface area contributed by atoms with Gasteiger partial charge in [-0.05, 0) is 69.8 Å². The van der Waals surface area contributed by atoms with Crippen LogP contribution in [-0.2, 0) is 0 Å². The van der Waals surface area contributed by atoms with Crippen LogP contribution in [0, 0.1) is 13.8 Å². The van der Waals surface area contributed by atoms with Crippen LogP contribution < -0.4 is 0 Å².